The molecule has 0 aliphatic heterocycles. The van der Waals surface area contributed by atoms with Gasteiger partial charge in [-0.2, -0.15) is 0 Å². The van der Waals surface area contributed by atoms with Crippen LogP contribution in [0.25, 0.3) is 11.4 Å². The molecule has 0 aliphatic carbocycles. The number of hydrogen-bond acceptors (Lipinski definition) is 20. The van der Waals surface area contributed by atoms with E-state index < -0.39 is 0 Å². The van der Waals surface area contributed by atoms with E-state index in [2.05, 4.69) is 9.97 Å². The number of methoxy groups -OCH3 is 4. The second-order valence-electron chi connectivity index (χ2n) is 15.2. The van der Waals surface area contributed by atoms with Crippen molar-refractivity contribution in [3.8, 4) is 45.9 Å². The predicted molar refractivity (Wildman–Crippen MR) is 265 cm³/mol. The molecular weight excluding hydrogens is 941 g/mol. The summed E-state index contributed by atoms with van der Waals surface area (Å²) in [6, 6.07) is 18.5. The minimum Gasteiger partial charge on any atom is -0.491 e. The van der Waals surface area contributed by atoms with Gasteiger partial charge in [-0.3, -0.25) is 9.97 Å². The Morgan fingerprint density at radius 1 is 0.264 bits per heavy atom. The molecular formula is C52H76N2O18. The van der Waals surface area contributed by atoms with E-state index in [-0.39, 0.29) is 13.2 Å². The molecule has 0 amide bonds. The van der Waals surface area contributed by atoms with Crippen molar-refractivity contribution in [2.45, 2.75) is 13.2 Å². The Hall–Kier alpha value is -4.94. The van der Waals surface area contributed by atoms with Crippen molar-refractivity contribution in [3.05, 3.63) is 84.2 Å². The summed E-state index contributed by atoms with van der Waals surface area (Å²) in [7, 11) is 6.55. The average Bonchev–Trinajstić information content (AvgIpc) is 3.40. The summed E-state index contributed by atoms with van der Waals surface area (Å²) in [6.07, 6.45) is 3.35. The van der Waals surface area contributed by atoms with E-state index in [1.807, 2.05) is 48.5 Å². The number of ether oxygens (including phenoxy) is 18. The Kier molecular flexibility index (Phi) is 33.6. The first-order valence-electron chi connectivity index (χ1n) is 24.1. The number of nitrogens with zero attached hydrogens (tertiary/aromatic N) is 2. The highest BCUT2D eigenvalue weighted by Crippen LogP contribution is 2.28. The van der Waals surface area contributed by atoms with Crippen LogP contribution in [0.5, 0.6) is 34.5 Å². The smallest absolute Gasteiger partial charge is 0.123 e. The molecule has 0 saturated carbocycles. The van der Waals surface area contributed by atoms with E-state index in [0.717, 1.165) is 11.1 Å². The monoisotopic (exact) mass is 1020 g/mol. The summed E-state index contributed by atoms with van der Waals surface area (Å²) in [5.41, 5.74) is 2.87. The van der Waals surface area contributed by atoms with Crippen molar-refractivity contribution >= 4 is 0 Å². The fourth-order valence-corrected chi connectivity index (χ4v) is 6.11. The molecule has 4 aromatic rings. The summed E-state index contributed by atoms with van der Waals surface area (Å²) in [5, 5.41) is 0. The highest BCUT2D eigenvalue weighted by Gasteiger charge is 2.11. The normalized spacial score (nSPS) is 11.2. The van der Waals surface area contributed by atoms with E-state index in [1.165, 1.54) is 0 Å². The quantitative estimate of drug-likeness (QED) is 0.0501. The Morgan fingerprint density at radius 2 is 0.514 bits per heavy atom. The number of rotatable bonds is 47. The van der Waals surface area contributed by atoms with Crippen LogP contribution in [0, 0.1) is 0 Å². The maximum atomic E-state index is 6.28. The van der Waals surface area contributed by atoms with Crippen molar-refractivity contribution in [1.82, 2.24) is 9.97 Å². The highest BCUT2D eigenvalue weighted by atomic mass is 16.6. The molecule has 4 rings (SSSR count). The Morgan fingerprint density at radius 3 is 0.778 bits per heavy atom. The SMILES string of the molecule is COCCOCCOCCOc1cc(COc2ccnc(-c3cc(OCc4cc(OCCOCCOCCOC)cc(OCCOCCOCCOC)c4)ccn3)c2)cc(OCCOCCOCCOC)c1. The van der Waals surface area contributed by atoms with E-state index in [4.69, 9.17) is 85.3 Å². The van der Waals surface area contributed by atoms with Gasteiger partial charge in [0.25, 0.3) is 0 Å². The van der Waals surface area contributed by atoms with Gasteiger partial charge in [-0.25, -0.2) is 0 Å². The van der Waals surface area contributed by atoms with Crippen LogP contribution in [0.15, 0.2) is 73.1 Å². The fourth-order valence-electron chi connectivity index (χ4n) is 6.11. The Balaban J connectivity index is 1.34. The number of pyridine rings is 2. The third kappa shape index (κ3) is 28.3. The first-order chi connectivity index (χ1) is 35.6. The summed E-state index contributed by atoms with van der Waals surface area (Å²) < 4.78 is 101. The summed E-state index contributed by atoms with van der Waals surface area (Å²) in [5.74, 6) is 3.63. The molecule has 2 aromatic heterocycles. The van der Waals surface area contributed by atoms with Crippen molar-refractivity contribution in [3.63, 3.8) is 0 Å². The lowest BCUT2D eigenvalue weighted by Crippen LogP contribution is -2.13. The fraction of sp³-hybridized carbons (Fsp3) is 0.577. The lowest BCUT2D eigenvalue weighted by Gasteiger charge is -2.14. The van der Waals surface area contributed by atoms with Gasteiger partial charge in [0.15, 0.2) is 0 Å². The number of hydrogen-bond donors (Lipinski definition) is 0. The average molecular weight is 1020 g/mol. The molecule has 0 spiro atoms. The summed E-state index contributed by atoms with van der Waals surface area (Å²) in [4.78, 5) is 9.17. The maximum Gasteiger partial charge on any atom is 0.123 e. The van der Waals surface area contributed by atoms with Crippen molar-refractivity contribution in [2.75, 3.05) is 187 Å². The zero-order chi connectivity index (χ0) is 50.8. The second-order valence-corrected chi connectivity index (χ2v) is 15.2. The molecule has 20 nitrogen and oxygen atoms in total. The van der Waals surface area contributed by atoms with Gasteiger partial charge in [-0.1, -0.05) is 0 Å². The molecule has 20 heteroatoms. The lowest BCUT2D eigenvalue weighted by atomic mass is 10.2. The number of benzene rings is 2. The molecule has 0 fully saturated rings. The van der Waals surface area contributed by atoms with E-state index in [0.29, 0.717) is 204 Å². The van der Waals surface area contributed by atoms with Gasteiger partial charge in [0.05, 0.1) is 144 Å². The topological polar surface area (TPSA) is 192 Å². The van der Waals surface area contributed by atoms with Crippen molar-refractivity contribution in [2.24, 2.45) is 0 Å². The zero-order valence-electron chi connectivity index (χ0n) is 42.6. The van der Waals surface area contributed by atoms with Crippen LogP contribution >= 0.6 is 0 Å². The van der Waals surface area contributed by atoms with Crippen LogP contribution in [-0.2, 0) is 70.1 Å². The number of aromatic nitrogens is 2. The molecule has 402 valence electrons. The standard InChI is InChI=1S/C52H76N2O18/c1-55-9-13-59-17-21-63-25-29-67-47-33-43(34-48(37-47)68-30-26-64-22-18-60-14-10-56-2)41-71-45-5-7-53-51(39-45)52-40-46(6-8-54-52)72-42-44-35-49(69-31-27-65-23-19-61-15-11-57-3)38-50(36-44)70-32-28-66-24-20-62-16-12-58-4/h5-8,33-40H,9-32,41-42H2,1-4H3. The van der Waals surface area contributed by atoms with Gasteiger partial charge in [0.1, 0.15) is 74.1 Å². The minimum atomic E-state index is 0.224. The maximum absolute atomic E-state index is 6.28. The Labute approximate surface area is 424 Å². The van der Waals surface area contributed by atoms with Crippen LogP contribution in [0.4, 0.5) is 0 Å². The molecule has 0 aliphatic rings. The van der Waals surface area contributed by atoms with Crippen LogP contribution in [0.2, 0.25) is 0 Å². The first kappa shape index (κ1) is 59.6. The van der Waals surface area contributed by atoms with Gasteiger partial charge in [0.2, 0.25) is 0 Å². The first-order valence-corrected chi connectivity index (χ1v) is 24.1. The van der Waals surface area contributed by atoms with Crippen LogP contribution in [0.1, 0.15) is 11.1 Å². The molecule has 0 bridgehead atoms. The predicted octanol–water partition coefficient (Wildman–Crippen LogP) is 5.54. The largest absolute Gasteiger partial charge is 0.491 e. The van der Waals surface area contributed by atoms with Gasteiger partial charge in [-0.05, 0) is 47.5 Å². The van der Waals surface area contributed by atoms with E-state index >= 15 is 0 Å². The lowest BCUT2D eigenvalue weighted by molar-refractivity contribution is 0.0174. The van der Waals surface area contributed by atoms with Crippen LogP contribution in [0.3, 0.4) is 0 Å². The molecule has 2 heterocycles. The summed E-state index contributed by atoms with van der Waals surface area (Å²) >= 11 is 0. The van der Waals surface area contributed by atoms with Crippen molar-refractivity contribution in [1.29, 1.82) is 0 Å². The molecule has 72 heavy (non-hydrogen) atoms. The molecule has 0 radical (unpaired) electrons. The molecule has 0 atom stereocenters. The van der Waals surface area contributed by atoms with E-state index in [1.54, 1.807) is 53.0 Å². The highest BCUT2D eigenvalue weighted by molar-refractivity contribution is 5.57. The van der Waals surface area contributed by atoms with Crippen LogP contribution < -0.4 is 28.4 Å². The molecule has 0 saturated heterocycles. The van der Waals surface area contributed by atoms with E-state index in [9.17, 15) is 0 Å². The third-order valence-electron chi connectivity index (χ3n) is 9.62. The molecule has 0 N–H and O–H groups in total. The van der Waals surface area contributed by atoms with Gasteiger partial charge < -0.3 is 85.3 Å². The Bertz CT molecular complexity index is 1730. The third-order valence-corrected chi connectivity index (χ3v) is 9.62. The van der Waals surface area contributed by atoms with Crippen LogP contribution in [-0.4, -0.2) is 197 Å². The van der Waals surface area contributed by atoms with Crippen molar-refractivity contribution < 1.29 is 85.3 Å². The summed E-state index contributed by atoms with van der Waals surface area (Å²) in [6.45, 7) is 11.3. The zero-order valence-corrected chi connectivity index (χ0v) is 42.6. The second kappa shape index (κ2) is 40.5. The van der Waals surface area contributed by atoms with Gasteiger partial charge in [0, 0.05) is 65.1 Å². The minimum absolute atomic E-state index is 0.224. The molecule has 0 unspecified atom stereocenters. The van der Waals surface area contributed by atoms with Gasteiger partial charge in [-0.15, -0.1) is 0 Å². The van der Waals surface area contributed by atoms with Gasteiger partial charge >= 0.3 is 0 Å². The molecule has 2 aromatic carbocycles.